The Balaban J connectivity index is 0.000000130. The Morgan fingerprint density at radius 2 is 0.714 bits per heavy atom. The van der Waals surface area contributed by atoms with E-state index in [2.05, 4.69) is 175 Å². The van der Waals surface area contributed by atoms with Crippen molar-refractivity contribution < 1.29 is 39.1 Å². The van der Waals surface area contributed by atoms with E-state index in [1.165, 1.54) is 64.1 Å². The molecular formula is C88H112N32O12S4Si4. The minimum absolute atomic E-state index is 0.133. The van der Waals surface area contributed by atoms with Crippen LogP contribution >= 0.6 is 45.3 Å². The molecule has 7 N–H and O–H groups in total. The average Bonchev–Trinajstić information content (AvgIpc) is 1.57. The van der Waals surface area contributed by atoms with Gasteiger partial charge < -0.3 is 52.5 Å². The Morgan fingerprint density at radius 3 is 1.06 bits per heavy atom. The van der Waals surface area contributed by atoms with E-state index < -0.39 is 50.6 Å². The molecule has 0 aliphatic carbocycles. The van der Waals surface area contributed by atoms with Crippen molar-refractivity contribution in [3.63, 3.8) is 0 Å². The van der Waals surface area contributed by atoms with E-state index in [1.807, 2.05) is 43.2 Å². The molecule has 0 bridgehead atoms. The van der Waals surface area contributed by atoms with Crippen molar-refractivity contribution in [3.8, 4) is 0 Å². The fraction of sp³-hybridized carbons (Fsp3) is 0.398. The first-order valence-corrected chi connectivity index (χ1v) is 63.3. The van der Waals surface area contributed by atoms with Crippen LogP contribution in [0.4, 0.5) is 0 Å². The molecule has 0 radical (unpaired) electrons. The molecule has 20 rings (SSSR count). The van der Waals surface area contributed by atoms with Crippen LogP contribution in [0.25, 0.3) is 85.0 Å². The number of ether oxygens (including phenoxy) is 4. The number of H-pyrrole nitrogens is 4. The Morgan fingerprint density at radius 1 is 0.386 bits per heavy atom. The summed E-state index contributed by atoms with van der Waals surface area (Å²) in [7, 11) is 2.86. The van der Waals surface area contributed by atoms with Gasteiger partial charge in [-0.2, -0.15) is 61.2 Å². The van der Waals surface area contributed by atoms with E-state index in [0.29, 0.717) is 135 Å². The number of thiazole rings is 4. The van der Waals surface area contributed by atoms with E-state index in [9.17, 15) is 39.3 Å². The number of aliphatic hydroxyl groups excluding tert-OH is 3. The zero-order chi connectivity index (χ0) is 99.2. The minimum Gasteiger partial charge on any atom is -0.380 e. The van der Waals surface area contributed by atoms with E-state index >= 15 is 0 Å². The number of fused-ring (bicyclic) bond motifs is 12. The van der Waals surface area contributed by atoms with Gasteiger partial charge in [-0.25, -0.2) is 57.4 Å². The zero-order valence-electron chi connectivity index (χ0n) is 80.4. The normalized spacial score (nSPS) is 12.9. The molecule has 0 saturated heterocycles. The average molecular weight is 2050 g/mol. The van der Waals surface area contributed by atoms with Crippen molar-refractivity contribution in [2.45, 2.75) is 174 Å². The maximum Gasteiger partial charge on any atom is 0.291 e. The van der Waals surface area contributed by atoms with Gasteiger partial charge in [-0.1, -0.05) is 78.6 Å². The predicted molar refractivity (Wildman–Crippen MR) is 546 cm³/mol. The van der Waals surface area contributed by atoms with Gasteiger partial charge in [0, 0.05) is 158 Å². The van der Waals surface area contributed by atoms with Crippen LogP contribution in [0, 0.1) is 0 Å². The molecule has 0 fully saturated rings. The summed E-state index contributed by atoms with van der Waals surface area (Å²) in [6, 6.07) is 18.7. The highest BCUT2D eigenvalue weighted by molar-refractivity contribution is 7.20. The number of hydrogen-bond donors (Lipinski definition) is 7. The molecule has 44 nitrogen and oxygen atoms in total. The molecule has 20 aromatic heterocycles. The monoisotopic (exact) mass is 2050 g/mol. The Hall–Kier alpha value is -12.8. The van der Waals surface area contributed by atoms with Crippen LogP contribution in [0.1, 0.15) is 83.7 Å². The predicted octanol–water partition coefficient (Wildman–Crippen LogP) is 11.2. The number of nitrogens with one attached hydrogen (secondary N) is 4. The number of aryl methyl sites for hydroxylation is 4. The summed E-state index contributed by atoms with van der Waals surface area (Å²) in [5, 5.41) is 98.2. The van der Waals surface area contributed by atoms with E-state index in [1.54, 1.807) is 150 Å². The van der Waals surface area contributed by atoms with Crippen molar-refractivity contribution in [1.82, 2.24) is 157 Å². The summed E-state index contributed by atoms with van der Waals surface area (Å²) in [6.45, 7) is 33.5. The quantitative estimate of drug-likeness (QED) is 0.0110. The van der Waals surface area contributed by atoms with Crippen LogP contribution in [-0.4, -0.2) is 238 Å². The van der Waals surface area contributed by atoms with Gasteiger partial charge in [-0.3, -0.25) is 44.4 Å². The fourth-order valence-corrected chi connectivity index (χ4v) is 22.1. The third-order valence-corrected chi connectivity index (χ3v) is 33.9. The van der Waals surface area contributed by atoms with Crippen molar-refractivity contribution in [1.29, 1.82) is 0 Å². The lowest BCUT2D eigenvalue weighted by Gasteiger charge is -2.15. The summed E-state index contributed by atoms with van der Waals surface area (Å²) < 4.78 is 45.7. The number of carbonyl (C=O) groups is 1. The molecule has 0 spiro atoms. The number of aromatic nitrogens is 32. The molecule has 3 atom stereocenters. The highest BCUT2D eigenvalue weighted by atomic mass is 32.1. The zero-order valence-corrected chi connectivity index (χ0v) is 87.7. The van der Waals surface area contributed by atoms with Gasteiger partial charge in [0.15, 0.2) is 28.9 Å². The smallest absolute Gasteiger partial charge is 0.291 e. The molecule has 0 aromatic carbocycles. The number of aldehydes is 1. The maximum absolute atomic E-state index is 13.5. The standard InChI is InChI=1S/C28H42N8O4SSi2.C18H24N6O2SSi.2C16H14N8O2S.C10H18N2O2Si/c1-33-23-21(16-29-36(28(23)38)17-20-8-10-34(31-20)18-39-12-14-42(2,3)4)25-26(33)30-27(41-25)24(37)22-9-11-35(32-22)19-40-13-15-43(5,6)7;1-22-15-14(16-17(22)19-11-27-16)9-20-24(18(15)25)10-13-5-6-23(21-13)12-26-7-8-28(2,3)4;2*1-23-11-9(6-19-24(16(11)26)7-8-2-4-17-21-8)13-14(23)20-15(27-13)12(25)10-3-5-18-22-10;1-15(2,3)7-6-14-9-12-5-4-10(8-13)11-12/h8-11,16,24,37H,12-15,17-19H2,1-7H3;5-6,9,11H,7-8,10,12H2,1-4H3;2*2-6,12,25H,7H2,1H3,(H,17,21)(H,18,22);4-5,8H,6-7,9H2,1-3H3/t;;2*12-;/m..10./s1. The number of rotatable bonds is 35. The molecule has 0 aliphatic rings. The van der Waals surface area contributed by atoms with E-state index in [4.69, 9.17) is 23.9 Å². The molecule has 0 amide bonds. The summed E-state index contributed by atoms with van der Waals surface area (Å²) in [4.78, 5) is 80.7. The van der Waals surface area contributed by atoms with Crippen molar-refractivity contribution in [3.05, 3.63) is 230 Å². The Labute approximate surface area is 818 Å². The molecule has 20 heterocycles. The second-order valence-corrected chi connectivity index (χ2v) is 64.9. The maximum atomic E-state index is 13.5. The fourth-order valence-electron chi connectivity index (χ4n) is 14.9. The first-order chi connectivity index (χ1) is 66.9. The summed E-state index contributed by atoms with van der Waals surface area (Å²) >= 11 is 5.55. The molecule has 52 heteroatoms. The van der Waals surface area contributed by atoms with Crippen LogP contribution < -0.4 is 22.2 Å². The van der Waals surface area contributed by atoms with Crippen LogP contribution in [0.3, 0.4) is 0 Å². The van der Waals surface area contributed by atoms with Gasteiger partial charge in [0.25, 0.3) is 22.2 Å². The minimum atomic E-state index is -1.16. The SMILES string of the molecule is C[Si](C)(C)CCOCn1ccc(C=O)n1.Cn1c2nc(C(O)c3ccn(COCC[Si](C)(C)C)n3)sc2c2cnn(Cc3ccn(COCC[Si](C)(C)C)n3)c(=O)c21.Cn1c2nc([C@@H](O)c3ccn[nH]3)sc2c2cnn(Cc3ccn[nH]3)c(=O)c21.Cn1c2nc([C@H](O)c3ccn[nH]3)sc2c2cnn(Cc3ccn[nH]3)c(=O)c21.Cn1c2ncsc2c2cnn(Cc3ccn(COCC[Si](C)(C)C)n3)c(=O)c21. The number of carbonyl (C=O) groups excluding carboxylic acids is 1. The van der Waals surface area contributed by atoms with Crippen molar-refractivity contribution >= 4 is 169 Å². The van der Waals surface area contributed by atoms with Gasteiger partial charge in [0.1, 0.15) is 88.0 Å². The van der Waals surface area contributed by atoms with Gasteiger partial charge in [-0.05, 0) is 72.7 Å². The van der Waals surface area contributed by atoms with E-state index in [-0.39, 0.29) is 28.8 Å². The number of nitrogens with zero attached hydrogens (tertiary/aromatic N) is 28. The van der Waals surface area contributed by atoms with Gasteiger partial charge >= 0.3 is 0 Å². The topological polar surface area (TPSA) is 512 Å². The Kier molecular flexibility index (Phi) is 30.6. The third-order valence-electron chi connectivity index (χ3n) is 22.8. The molecule has 0 saturated carbocycles. The largest absolute Gasteiger partial charge is 0.380 e. The first kappa shape index (κ1) is 100. The Bertz CT molecular complexity index is 7690. The molecular weight excluding hydrogens is 1940 g/mol. The molecule has 1 unspecified atom stereocenters. The molecule has 736 valence electrons. The molecule has 140 heavy (non-hydrogen) atoms. The second-order valence-electron chi connectivity index (χ2n) is 38.5. The summed E-state index contributed by atoms with van der Waals surface area (Å²) in [5.74, 6) is 0. The number of aliphatic hydroxyl groups is 3. The number of hydrogen-bond acceptors (Lipinski definition) is 32. The van der Waals surface area contributed by atoms with Gasteiger partial charge in [-0.15, -0.1) is 45.3 Å². The molecule has 20 aromatic rings. The van der Waals surface area contributed by atoms with E-state index in [0.717, 1.165) is 114 Å². The van der Waals surface area contributed by atoms with Crippen LogP contribution in [-0.2, 0) is 100 Å². The lowest BCUT2D eigenvalue weighted by Crippen LogP contribution is -2.25. The van der Waals surface area contributed by atoms with Crippen LogP contribution in [0.15, 0.2) is 148 Å². The highest BCUT2D eigenvalue weighted by Gasteiger charge is 2.29. The highest BCUT2D eigenvalue weighted by Crippen LogP contribution is 2.39. The lowest BCUT2D eigenvalue weighted by atomic mass is 10.3. The summed E-state index contributed by atoms with van der Waals surface area (Å²) in [6.07, 6.45) is 18.4. The summed E-state index contributed by atoms with van der Waals surface area (Å²) in [5.41, 5.74) is 11.1. The van der Waals surface area contributed by atoms with Crippen molar-refractivity contribution in [2.24, 2.45) is 28.2 Å². The van der Waals surface area contributed by atoms with Crippen LogP contribution in [0.2, 0.25) is 103 Å². The van der Waals surface area contributed by atoms with Crippen molar-refractivity contribution in [2.75, 3.05) is 26.4 Å². The number of aromatic amines is 4. The third kappa shape index (κ3) is 23.4. The second kappa shape index (κ2) is 42.7. The van der Waals surface area contributed by atoms with Crippen LogP contribution in [0.5, 0.6) is 0 Å². The van der Waals surface area contributed by atoms with Gasteiger partial charge in [0.05, 0.1) is 115 Å². The first-order valence-electron chi connectivity index (χ1n) is 45.1. The lowest BCUT2D eigenvalue weighted by molar-refractivity contribution is 0.0774. The van der Waals surface area contributed by atoms with Gasteiger partial charge in [0.2, 0.25) is 0 Å². The molecule has 0 aliphatic heterocycles.